The van der Waals surface area contributed by atoms with Crippen LogP contribution in [0.5, 0.6) is 11.5 Å². The summed E-state index contributed by atoms with van der Waals surface area (Å²) in [6.07, 6.45) is 1.07. The lowest BCUT2D eigenvalue weighted by atomic mass is 9.82. The lowest BCUT2D eigenvalue weighted by Gasteiger charge is -2.28. The fraction of sp³-hybridized carbons (Fsp3) is 0.538. The highest BCUT2D eigenvalue weighted by Gasteiger charge is 2.25. The van der Waals surface area contributed by atoms with Gasteiger partial charge in [0.25, 0.3) is 0 Å². The van der Waals surface area contributed by atoms with Gasteiger partial charge in [-0.25, -0.2) is 0 Å². The Morgan fingerprint density at radius 3 is 2.35 bits per heavy atom. The smallest absolute Gasteiger partial charge is 0.162 e. The second-order valence-electron chi connectivity index (χ2n) is 4.80. The van der Waals surface area contributed by atoms with E-state index in [2.05, 4.69) is 51.8 Å². The SMILES string of the molecule is CC(C)(CCBr)c1cc2c(cc1Br)OCCO2. The molecule has 1 aromatic rings. The zero-order chi connectivity index (χ0) is 12.5. The first kappa shape index (κ1) is 13.2. The number of hydrogen-bond donors (Lipinski definition) is 0. The molecule has 0 atom stereocenters. The summed E-state index contributed by atoms with van der Waals surface area (Å²) in [6, 6.07) is 4.11. The van der Waals surface area contributed by atoms with Crippen molar-refractivity contribution < 1.29 is 9.47 Å². The van der Waals surface area contributed by atoms with Crippen LogP contribution in [0, 0.1) is 0 Å². The first-order valence-electron chi connectivity index (χ1n) is 5.70. The van der Waals surface area contributed by atoms with Gasteiger partial charge >= 0.3 is 0 Å². The number of ether oxygens (including phenoxy) is 2. The van der Waals surface area contributed by atoms with E-state index in [0.29, 0.717) is 13.2 Å². The molecule has 0 bridgehead atoms. The van der Waals surface area contributed by atoms with Crippen LogP contribution in [0.3, 0.4) is 0 Å². The van der Waals surface area contributed by atoms with Crippen molar-refractivity contribution in [3.05, 3.63) is 22.2 Å². The van der Waals surface area contributed by atoms with Gasteiger partial charge in [-0.15, -0.1) is 0 Å². The minimum absolute atomic E-state index is 0.109. The Balaban J connectivity index is 2.41. The quantitative estimate of drug-likeness (QED) is 0.746. The number of halogens is 2. The standard InChI is InChI=1S/C13H16Br2O2/c1-13(2,3-4-14)9-7-11-12(8-10(9)15)17-6-5-16-11/h7-8H,3-6H2,1-2H3. The van der Waals surface area contributed by atoms with Crippen molar-refractivity contribution in [3.8, 4) is 11.5 Å². The zero-order valence-electron chi connectivity index (χ0n) is 10.1. The van der Waals surface area contributed by atoms with Gasteiger partial charge in [0, 0.05) is 9.80 Å². The molecule has 1 aliphatic heterocycles. The van der Waals surface area contributed by atoms with Crippen LogP contribution in [-0.2, 0) is 5.41 Å². The van der Waals surface area contributed by atoms with Crippen molar-refractivity contribution in [2.45, 2.75) is 25.7 Å². The molecule has 0 radical (unpaired) electrons. The maximum Gasteiger partial charge on any atom is 0.162 e. The van der Waals surface area contributed by atoms with Gasteiger partial charge < -0.3 is 9.47 Å². The Kier molecular flexibility index (Phi) is 4.03. The van der Waals surface area contributed by atoms with E-state index in [1.165, 1.54) is 5.56 Å². The van der Waals surface area contributed by atoms with E-state index in [1.807, 2.05) is 6.07 Å². The zero-order valence-corrected chi connectivity index (χ0v) is 13.2. The highest BCUT2D eigenvalue weighted by atomic mass is 79.9. The van der Waals surface area contributed by atoms with E-state index in [-0.39, 0.29) is 5.41 Å². The van der Waals surface area contributed by atoms with Crippen LogP contribution in [-0.4, -0.2) is 18.5 Å². The van der Waals surface area contributed by atoms with Crippen LogP contribution in [0.25, 0.3) is 0 Å². The molecule has 0 saturated carbocycles. The number of hydrogen-bond acceptors (Lipinski definition) is 2. The van der Waals surface area contributed by atoms with Crippen molar-refractivity contribution in [2.75, 3.05) is 18.5 Å². The minimum atomic E-state index is 0.109. The van der Waals surface area contributed by atoms with Crippen LogP contribution < -0.4 is 9.47 Å². The molecule has 0 N–H and O–H groups in total. The average Bonchev–Trinajstić information content (AvgIpc) is 2.27. The highest BCUT2D eigenvalue weighted by molar-refractivity contribution is 9.10. The Bertz CT molecular complexity index is 416. The van der Waals surface area contributed by atoms with Gasteiger partial charge in [0.1, 0.15) is 13.2 Å². The summed E-state index contributed by atoms with van der Waals surface area (Å²) >= 11 is 7.14. The van der Waals surface area contributed by atoms with E-state index < -0.39 is 0 Å². The maximum atomic E-state index is 5.63. The third kappa shape index (κ3) is 2.79. The molecule has 94 valence electrons. The topological polar surface area (TPSA) is 18.5 Å². The molecule has 1 aliphatic rings. The lowest BCUT2D eigenvalue weighted by molar-refractivity contribution is 0.171. The summed E-state index contributed by atoms with van der Waals surface area (Å²) < 4.78 is 12.3. The van der Waals surface area contributed by atoms with Crippen molar-refractivity contribution >= 4 is 31.9 Å². The summed E-state index contributed by atoms with van der Waals surface area (Å²) in [7, 11) is 0. The lowest BCUT2D eigenvalue weighted by Crippen LogP contribution is -2.20. The van der Waals surface area contributed by atoms with E-state index in [4.69, 9.17) is 9.47 Å². The molecule has 0 unspecified atom stereocenters. The molecule has 1 heterocycles. The number of rotatable bonds is 3. The molecular formula is C13H16Br2O2. The summed E-state index contributed by atoms with van der Waals surface area (Å²) in [5.74, 6) is 1.69. The van der Waals surface area contributed by atoms with Gasteiger partial charge in [-0.05, 0) is 29.5 Å². The molecule has 0 saturated heterocycles. The summed E-state index contributed by atoms with van der Waals surface area (Å²) in [6.45, 7) is 5.74. The van der Waals surface area contributed by atoms with Gasteiger partial charge in [-0.2, -0.15) is 0 Å². The Morgan fingerprint density at radius 2 is 1.76 bits per heavy atom. The number of benzene rings is 1. The fourth-order valence-corrected chi connectivity index (χ4v) is 3.80. The summed E-state index contributed by atoms with van der Waals surface area (Å²) in [5, 5.41) is 0.987. The van der Waals surface area contributed by atoms with E-state index in [0.717, 1.165) is 27.7 Å². The summed E-state index contributed by atoms with van der Waals surface area (Å²) in [4.78, 5) is 0. The predicted molar refractivity (Wildman–Crippen MR) is 76.6 cm³/mol. The van der Waals surface area contributed by atoms with Crippen molar-refractivity contribution in [1.82, 2.24) is 0 Å². The molecule has 2 rings (SSSR count). The van der Waals surface area contributed by atoms with Crippen LogP contribution >= 0.6 is 31.9 Å². The van der Waals surface area contributed by atoms with Crippen molar-refractivity contribution in [2.24, 2.45) is 0 Å². The molecule has 17 heavy (non-hydrogen) atoms. The van der Waals surface area contributed by atoms with E-state index >= 15 is 0 Å². The molecule has 0 aromatic heterocycles. The van der Waals surface area contributed by atoms with E-state index in [9.17, 15) is 0 Å². The molecule has 1 aromatic carbocycles. The molecule has 2 nitrogen and oxygen atoms in total. The van der Waals surface area contributed by atoms with Gasteiger partial charge in [0.15, 0.2) is 11.5 Å². The normalized spacial score (nSPS) is 14.8. The third-order valence-electron chi connectivity index (χ3n) is 3.08. The molecule has 4 heteroatoms. The van der Waals surface area contributed by atoms with E-state index in [1.54, 1.807) is 0 Å². The van der Waals surface area contributed by atoms with Gasteiger partial charge in [-0.3, -0.25) is 0 Å². The average molecular weight is 364 g/mol. The second-order valence-corrected chi connectivity index (χ2v) is 6.45. The van der Waals surface area contributed by atoms with Gasteiger partial charge in [0.2, 0.25) is 0 Å². The Labute approximate surface area is 119 Å². The summed E-state index contributed by atoms with van der Waals surface area (Å²) in [5.41, 5.74) is 1.37. The molecule has 0 fully saturated rings. The van der Waals surface area contributed by atoms with Crippen LogP contribution in [0.1, 0.15) is 25.8 Å². The number of fused-ring (bicyclic) bond motifs is 1. The largest absolute Gasteiger partial charge is 0.486 e. The predicted octanol–water partition coefficient (Wildman–Crippen LogP) is 4.28. The molecule has 0 aliphatic carbocycles. The Hall–Kier alpha value is -0.220. The fourth-order valence-electron chi connectivity index (χ4n) is 1.95. The van der Waals surface area contributed by atoms with Crippen LogP contribution in [0.4, 0.5) is 0 Å². The molecular weight excluding hydrogens is 348 g/mol. The number of alkyl halides is 1. The minimum Gasteiger partial charge on any atom is -0.486 e. The molecule has 0 spiro atoms. The highest BCUT2D eigenvalue weighted by Crippen LogP contribution is 2.41. The first-order valence-corrected chi connectivity index (χ1v) is 7.61. The molecule has 0 amide bonds. The first-order chi connectivity index (χ1) is 8.04. The second kappa shape index (κ2) is 5.19. The van der Waals surface area contributed by atoms with Gasteiger partial charge in [0.05, 0.1) is 0 Å². The van der Waals surface area contributed by atoms with Crippen LogP contribution in [0.15, 0.2) is 16.6 Å². The maximum absolute atomic E-state index is 5.63. The van der Waals surface area contributed by atoms with Crippen molar-refractivity contribution in [3.63, 3.8) is 0 Å². The van der Waals surface area contributed by atoms with Crippen molar-refractivity contribution in [1.29, 1.82) is 0 Å². The van der Waals surface area contributed by atoms with Crippen LogP contribution in [0.2, 0.25) is 0 Å². The third-order valence-corrected chi connectivity index (χ3v) is 4.13. The Morgan fingerprint density at radius 1 is 1.18 bits per heavy atom. The monoisotopic (exact) mass is 362 g/mol. The van der Waals surface area contributed by atoms with Gasteiger partial charge in [-0.1, -0.05) is 45.7 Å².